The molecule has 190 valence electrons. The predicted octanol–water partition coefficient (Wildman–Crippen LogP) is 4.33. The second-order valence-corrected chi connectivity index (χ2v) is 8.71. The molecule has 5 N–H and O–H groups in total. The topological polar surface area (TPSA) is 116 Å². The first-order valence-corrected chi connectivity index (χ1v) is 12.0. The standard InChI is InChI=1S/C27H35N7O2/c1-4-29-21-11-13-22(14-12-21)31-27(36)34(17-7-16-33(2)3)19-20-10-15-25(30-18-20)26(35)32-24-9-6-5-8-23(24)28/h5-6,8-15,18,29H,4,7,16-17,19,28H2,1-3H3,(H,31,36)(H,32,35). The number of urea groups is 1. The minimum absolute atomic E-state index is 0.189. The Bertz CT molecular complexity index is 1130. The zero-order valence-electron chi connectivity index (χ0n) is 21.1. The quantitative estimate of drug-likeness (QED) is 0.298. The van der Waals surface area contributed by atoms with E-state index in [0.717, 1.165) is 36.4 Å². The fraction of sp³-hybridized carbons (Fsp3) is 0.296. The average molecular weight is 490 g/mol. The molecule has 0 aliphatic carbocycles. The van der Waals surface area contributed by atoms with E-state index in [1.807, 2.05) is 51.4 Å². The van der Waals surface area contributed by atoms with Crippen molar-refractivity contribution < 1.29 is 9.59 Å². The molecule has 0 spiro atoms. The van der Waals surface area contributed by atoms with Crippen molar-refractivity contribution in [2.75, 3.05) is 55.4 Å². The van der Waals surface area contributed by atoms with Crippen molar-refractivity contribution >= 4 is 34.7 Å². The van der Waals surface area contributed by atoms with Gasteiger partial charge in [-0.1, -0.05) is 18.2 Å². The third-order valence-corrected chi connectivity index (χ3v) is 5.48. The summed E-state index contributed by atoms with van der Waals surface area (Å²) in [7, 11) is 4.01. The molecule has 0 unspecified atom stereocenters. The molecule has 0 atom stereocenters. The minimum Gasteiger partial charge on any atom is -0.397 e. The molecule has 3 rings (SSSR count). The highest BCUT2D eigenvalue weighted by Crippen LogP contribution is 2.18. The molecule has 0 fully saturated rings. The summed E-state index contributed by atoms with van der Waals surface area (Å²) in [6.07, 6.45) is 2.45. The van der Waals surface area contributed by atoms with E-state index in [2.05, 4.69) is 25.8 Å². The van der Waals surface area contributed by atoms with Crippen LogP contribution in [-0.2, 0) is 6.54 Å². The Morgan fingerprint density at radius 2 is 1.64 bits per heavy atom. The minimum atomic E-state index is -0.346. The number of nitrogens with zero attached hydrogens (tertiary/aromatic N) is 3. The molecule has 36 heavy (non-hydrogen) atoms. The van der Waals surface area contributed by atoms with Crippen molar-refractivity contribution in [1.82, 2.24) is 14.8 Å². The van der Waals surface area contributed by atoms with E-state index in [-0.39, 0.29) is 17.6 Å². The summed E-state index contributed by atoms with van der Waals surface area (Å²) < 4.78 is 0. The Morgan fingerprint density at radius 1 is 0.917 bits per heavy atom. The van der Waals surface area contributed by atoms with Gasteiger partial charge in [-0.3, -0.25) is 9.78 Å². The van der Waals surface area contributed by atoms with Crippen LogP contribution in [0.3, 0.4) is 0 Å². The van der Waals surface area contributed by atoms with Gasteiger partial charge in [-0.05, 0) is 82.0 Å². The lowest BCUT2D eigenvalue weighted by atomic mass is 10.2. The van der Waals surface area contributed by atoms with Crippen LogP contribution in [0.1, 0.15) is 29.4 Å². The second-order valence-electron chi connectivity index (χ2n) is 8.71. The molecule has 0 saturated heterocycles. The Hall–Kier alpha value is -4.11. The van der Waals surface area contributed by atoms with Crippen LogP contribution < -0.4 is 21.7 Å². The summed E-state index contributed by atoms with van der Waals surface area (Å²) >= 11 is 0. The highest BCUT2D eigenvalue weighted by atomic mass is 16.2. The number of nitrogens with one attached hydrogen (secondary N) is 3. The lowest BCUT2D eigenvalue weighted by Crippen LogP contribution is -2.36. The normalized spacial score (nSPS) is 10.7. The fourth-order valence-corrected chi connectivity index (χ4v) is 3.58. The number of para-hydroxylation sites is 2. The summed E-state index contributed by atoms with van der Waals surface area (Å²) in [5, 5.41) is 8.99. The van der Waals surface area contributed by atoms with Gasteiger partial charge >= 0.3 is 6.03 Å². The fourth-order valence-electron chi connectivity index (χ4n) is 3.58. The van der Waals surface area contributed by atoms with Gasteiger partial charge in [0.15, 0.2) is 0 Å². The van der Waals surface area contributed by atoms with Crippen molar-refractivity contribution in [2.24, 2.45) is 0 Å². The van der Waals surface area contributed by atoms with Crippen LogP contribution in [0.5, 0.6) is 0 Å². The van der Waals surface area contributed by atoms with Gasteiger partial charge in [0.2, 0.25) is 0 Å². The van der Waals surface area contributed by atoms with Crippen LogP contribution >= 0.6 is 0 Å². The lowest BCUT2D eigenvalue weighted by molar-refractivity contribution is 0.102. The molecular formula is C27H35N7O2. The van der Waals surface area contributed by atoms with E-state index in [9.17, 15) is 9.59 Å². The number of pyridine rings is 1. The van der Waals surface area contributed by atoms with E-state index in [0.29, 0.717) is 24.5 Å². The van der Waals surface area contributed by atoms with Crippen LogP contribution in [0.4, 0.5) is 27.5 Å². The Balaban J connectivity index is 1.66. The smallest absolute Gasteiger partial charge is 0.322 e. The molecule has 3 amide bonds. The zero-order valence-corrected chi connectivity index (χ0v) is 21.1. The molecule has 0 radical (unpaired) electrons. The summed E-state index contributed by atoms with van der Waals surface area (Å²) in [5.74, 6) is -0.346. The van der Waals surface area contributed by atoms with Crippen LogP contribution in [0, 0.1) is 0 Å². The number of nitrogen functional groups attached to an aromatic ring is 1. The van der Waals surface area contributed by atoms with Gasteiger partial charge in [0, 0.05) is 37.2 Å². The molecule has 9 heteroatoms. The van der Waals surface area contributed by atoms with Gasteiger partial charge in [0.25, 0.3) is 5.91 Å². The third kappa shape index (κ3) is 7.99. The summed E-state index contributed by atoms with van der Waals surface area (Å²) in [5.41, 5.74) is 9.75. The van der Waals surface area contributed by atoms with Crippen LogP contribution in [0.25, 0.3) is 0 Å². The second kappa shape index (κ2) is 13.1. The summed E-state index contributed by atoms with van der Waals surface area (Å²) in [6.45, 7) is 4.68. The maximum absolute atomic E-state index is 13.1. The van der Waals surface area contributed by atoms with Crippen molar-refractivity contribution in [1.29, 1.82) is 0 Å². The van der Waals surface area contributed by atoms with Gasteiger partial charge in [-0.25, -0.2) is 4.79 Å². The molecule has 9 nitrogen and oxygen atoms in total. The lowest BCUT2D eigenvalue weighted by Gasteiger charge is -2.24. The first-order valence-electron chi connectivity index (χ1n) is 12.0. The van der Waals surface area contributed by atoms with Gasteiger partial charge in [0.05, 0.1) is 11.4 Å². The first kappa shape index (κ1) is 26.5. The van der Waals surface area contributed by atoms with E-state index in [4.69, 9.17) is 5.73 Å². The number of nitrogens with two attached hydrogens (primary N) is 1. The first-order chi connectivity index (χ1) is 17.4. The average Bonchev–Trinajstić information content (AvgIpc) is 2.86. The SMILES string of the molecule is CCNc1ccc(NC(=O)N(CCCN(C)C)Cc2ccc(C(=O)Nc3ccccc3N)nc2)cc1. The van der Waals surface area contributed by atoms with Crippen molar-refractivity contribution in [3.63, 3.8) is 0 Å². The number of aromatic nitrogens is 1. The molecule has 0 bridgehead atoms. The molecule has 0 saturated carbocycles. The Kier molecular flexibility index (Phi) is 9.64. The third-order valence-electron chi connectivity index (χ3n) is 5.48. The Morgan fingerprint density at radius 3 is 2.28 bits per heavy atom. The number of carbonyl (C=O) groups is 2. The largest absolute Gasteiger partial charge is 0.397 e. The number of anilines is 4. The monoisotopic (exact) mass is 489 g/mol. The highest BCUT2D eigenvalue weighted by molar-refractivity contribution is 6.04. The number of rotatable bonds is 11. The molecular weight excluding hydrogens is 454 g/mol. The maximum Gasteiger partial charge on any atom is 0.322 e. The Labute approximate surface area is 212 Å². The van der Waals surface area contributed by atoms with Crippen molar-refractivity contribution in [3.8, 4) is 0 Å². The molecule has 0 aliphatic heterocycles. The summed E-state index contributed by atoms with van der Waals surface area (Å²) in [6, 6.07) is 18.0. The van der Waals surface area contributed by atoms with Gasteiger partial charge in [-0.15, -0.1) is 0 Å². The van der Waals surface area contributed by atoms with E-state index >= 15 is 0 Å². The number of hydrogen-bond donors (Lipinski definition) is 4. The molecule has 0 aliphatic rings. The van der Waals surface area contributed by atoms with E-state index in [1.54, 1.807) is 41.4 Å². The van der Waals surface area contributed by atoms with E-state index in [1.165, 1.54) is 0 Å². The van der Waals surface area contributed by atoms with Gasteiger partial charge < -0.3 is 31.5 Å². The molecule has 2 aromatic carbocycles. The zero-order chi connectivity index (χ0) is 25.9. The van der Waals surface area contributed by atoms with Crippen molar-refractivity contribution in [2.45, 2.75) is 19.9 Å². The van der Waals surface area contributed by atoms with Crippen LogP contribution in [0.2, 0.25) is 0 Å². The maximum atomic E-state index is 13.1. The number of benzene rings is 2. The number of hydrogen-bond acceptors (Lipinski definition) is 6. The van der Waals surface area contributed by atoms with E-state index < -0.39 is 0 Å². The van der Waals surface area contributed by atoms with Crippen LogP contribution in [0.15, 0.2) is 66.9 Å². The predicted molar refractivity (Wildman–Crippen MR) is 146 cm³/mol. The van der Waals surface area contributed by atoms with Gasteiger partial charge in [-0.2, -0.15) is 0 Å². The number of amides is 3. The van der Waals surface area contributed by atoms with Crippen LogP contribution in [-0.4, -0.2) is 60.5 Å². The number of carbonyl (C=O) groups excluding carboxylic acids is 2. The molecule has 1 heterocycles. The molecule has 3 aromatic rings. The van der Waals surface area contributed by atoms with Gasteiger partial charge in [0.1, 0.15) is 5.69 Å². The molecule has 1 aromatic heterocycles. The highest BCUT2D eigenvalue weighted by Gasteiger charge is 2.16. The van der Waals surface area contributed by atoms with Crippen molar-refractivity contribution in [3.05, 3.63) is 78.1 Å². The summed E-state index contributed by atoms with van der Waals surface area (Å²) in [4.78, 5) is 33.8.